The molecule has 1 aliphatic rings. The summed E-state index contributed by atoms with van der Waals surface area (Å²) in [5.41, 5.74) is 3.15. The van der Waals surface area contributed by atoms with Crippen LogP contribution in [0.2, 0.25) is 0 Å². The monoisotopic (exact) mass is 619 g/mol. The highest BCUT2D eigenvalue weighted by atomic mass is 32.2. The average molecular weight is 620 g/mol. The van der Waals surface area contributed by atoms with Gasteiger partial charge >= 0.3 is 0 Å². The molecule has 12 nitrogen and oxygen atoms in total. The lowest BCUT2D eigenvalue weighted by Gasteiger charge is -2.24. The van der Waals surface area contributed by atoms with Crippen LogP contribution < -0.4 is 16.0 Å². The van der Waals surface area contributed by atoms with Gasteiger partial charge < -0.3 is 25.6 Å². The second-order valence-corrected chi connectivity index (χ2v) is 11.5. The summed E-state index contributed by atoms with van der Waals surface area (Å²) in [6.45, 7) is 5.11. The van der Waals surface area contributed by atoms with Crippen molar-refractivity contribution in [1.29, 1.82) is 0 Å². The molecule has 2 aromatic carbocycles. The van der Waals surface area contributed by atoms with E-state index in [4.69, 9.17) is 4.52 Å². The fourth-order valence-electron chi connectivity index (χ4n) is 4.33. The Morgan fingerprint density at radius 2 is 1.75 bits per heavy atom. The molecule has 3 aromatic rings. The van der Waals surface area contributed by atoms with E-state index >= 15 is 0 Å². The van der Waals surface area contributed by atoms with E-state index in [0.717, 1.165) is 27.8 Å². The van der Waals surface area contributed by atoms with Gasteiger partial charge in [-0.25, -0.2) is 0 Å². The molecule has 5 amide bonds. The molecule has 0 saturated carbocycles. The number of aliphatic hydroxyl groups is 1. The van der Waals surface area contributed by atoms with Crippen LogP contribution in [-0.4, -0.2) is 69.3 Å². The lowest BCUT2D eigenvalue weighted by Crippen LogP contribution is -2.57. The van der Waals surface area contributed by atoms with E-state index < -0.39 is 41.8 Å². The zero-order valence-corrected chi connectivity index (χ0v) is 25.4. The molecule has 1 aliphatic heterocycles. The molecule has 0 spiro atoms. The first-order chi connectivity index (χ1) is 20.9. The summed E-state index contributed by atoms with van der Waals surface area (Å²) in [6.07, 6.45) is 0.333. The Morgan fingerprint density at radius 3 is 2.36 bits per heavy atom. The number of nitrogens with one attached hydrogen (secondary N) is 3. The maximum atomic E-state index is 13.4. The summed E-state index contributed by atoms with van der Waals surface area (Å²) < 4.78 is 4.92. The third kappa shape index (κ3) is 8.20. The number of aliphatic hydroxyl groups excluding tert-OH is 1. The van der Waals surface area contributed by atoms with Crippen LogP contribution in [0.25, 0.3) is 6.08 Å². The maximum absolute atomic E-state index is 13.4. The second kappa shape index (κ2) is 14.1. The Labute approximate surface area is 258 Å². The number of carbonyl (C=O) groups is 5. The normalized spacial score (nSPS) is 16.0. The molecule has 1 saturated heterocycles. The molecule has 13 heteroatoms. The molecule has 230 valence electrons. The number of aryl methyl sites for hydroxylation is 2. The van der Waals surface area contributed by atoms with Crippen molar-refractivity contribution in [3.63, 3.8) is 0 Å². The molecule has 1 fully saturated rings. The minimum Gasteiger partial charge on any atom is -0.391 e. The second-order valence-electron chi connectivity index (χ2n) is 10.5. The molecular weight excluding hydrogens is 586 g/mol. The highest BCUT2D eigenvalue weighted by Crippen LogP contribution is 2.31. The SMILES string of the molecule is Cc1ccc(CNC(=O)C(Cc2cccc(C=C3SC(=O)N(C)C3=O)c2)NC(=O)C(NC(=O)c2cc(C)on2)C(C)O)cc1. The van der Waals surface area contributed by atoms with Gasteiger partial charge in [0.05, 0.1) is 11.0 Å². The van der Waals surface area contributed by atoms with Gasteiger partial charge in [-0.3, -0.25) is 28.9 Å². The van der Waals surface area contributed by atoms with Crippen LogP contribution in [0.4, 0.5) is 4.79 Å². The number of amides is 5. The fourth-order valence-corrected chi connectivity index (χ4v) is 5.15. The van der Waals surface area contributed by atoms with Crippen molar-refractivity contribution >= 4 is 46.7 Å². The van der Waals surface area contributed by atoms with E-state index in [1.54, 1.807) is 37.3 Å². The summed E-state index contributed by atoms with van der Waals surface area (Å²) >= 11 is 0.834. The van der Waals surface area contributed by atoms with Crippen LogP contribution in [0.1, 0.15) is 45.4 Å². The molecule has 0 aliphatic carbocycles. The summed E-state index contributed by atoms with van der Waals surface area (Å²) in [4.78, 5) is 65.0. The zero-order valence-electron chi connectivity index (χ0n) is 24.6. The number of carbonyl (C=O) groups excluding carboxylic acids is 5. The smallest absolute Gasteiger partial charge is 0.293 e. The van der Waals surface area contributed by atoms with E-state index in [1.807, 2.05) is 31.2 Å². The molecule has 44 heavy (non-hydrogen) atoms. The largest absolute Gasteiger partial charge is 0.391 e. The van der Waals surface area contributed by atoms with Crippen molar-refractivity contribution < 1.29 is 33.6 Å². The molecule has 3 atom stereocenters. The number of thioether (sulfide) groups is 1. The number of nitrogens with zero attached hydrogens (tertiary/aromatic N) is 2. The Morgan fingerprint density at radius 1 is 1.02 bits per heavy atom. The number of likely N-dealkylation sites (N-methyl/N-ethyl adjacent to an activating group) is 1. The number of hydrogen-bond donors (Lipinski definition) is 4. The van der Waals surface area contributed by atoms with Gasteiger partial charge in [-0.05, 0) is 55.3 Å². The summed E-state index contributed by atoms with van der Waals surface area (Å²) in [7, 11) is 1.41. The highest BCUT2D eigenvalue weighted by Gasteiger charge is 2.32. The first-order valence-corrected chi connectivity index (χ1v) is 14.6. The van der Waals surface area contributed by atoms with Gasteiger partial charge in [-0.15, -0.1) is 0 Å². The highest BCUT2D eigenvalue weighted by molar-refractivity contribution is 8.18. The number of benzene rings is 2. The Balaban J connectivity index is 1.54. The summed E-state index contributed by atoms with van der Waals surface area (Å²) in [5.74, 6) is -2.01. The fraction of sp³-hybridized carbons (Fsp3) is 0.290. The molecule has 0 bridgehead atoms. The number of aromatic nitrogens is 1. The first-order valence-electron chi connectivity index (χ1n) is 13.8. The van der Waals surface area contributed by atoms with Crippen molar-refractivity contribution in [2.75, 3.05) is 7.05 Å². The summed E-state index contributed by atoms with van der Waals surface area (Å²) in [5, 5.41) is 21.6. The van der Waals surface area contributed by atoms with E-state index in [9.17, 15) is 29.1 Å². The van der Waals surface area contributed by atoms with Gasteiger partial charge in [0.25, 0.3) is 17.1 Å². The van der Waals surface area contributed by atoms with E-state index in [0.29, 0.717) is 16.9 Å². The van der Waals surface area contributed by atoms with Gasteiger partial charge in [-0.1, -0.05) is 59.3 Å². The molecule has 0 radical (unpaired) electrons. The predicted octanol–water partition coefficient (Wildman–Crippen LogP) is 2.48. The van der Waals surface area contributed by atoms with Gasteiger partial charge in [0.1, 0.15) is 17.8 Å². The lowest BCUT2D eigenvalue weighted by molar-refractivity contribution is -0.131. The van der Waals surface area contributed by atoms with Crippen LogP contribution in [0.15, 0.2) is 64.0 Å². The maximum Gasteiger partial charge on any atom is 0.293 e. The topological polar surface area (TPSA) is 171 Å². The quantitative estimate of drug-likeness (QED) is 0.235. The van der Waals surface area contributed by atoms with Crippen LogP contribution in [0, 0.1) is 13.8 Å². The predicted molar refractivity (Wildman–Crippen MR) is 163 cm³/mol. The van der Waals surface area contributed by atoms with Crippen molar-refractivity contribution in [1.82, 2.24) is 26.0 Å². The Kier molecular flexibility index (Phi) is 10.3. The minimum atomic E-state index is -1.40. The number of imide groups is 1. The molecular formula is C31H33N5O7S. The summed E-state index contributed by atoms with van der Waals surface area (Å²) in [6, 6.07) is 13.5. The van der Waals surface area contributed by atoms with Crippen molar-refractivity contribution in [2.45, 2.75) is 51.9 Å². The van der Waals surface area contributed by atoms with E-state index in [-0.39, 0.29) is 28.8 Å². The van der Waals surface area contributed by atoms with Crippen LogP contribution in [0.5, 0.6) is 0 Å². The van der Waals surface area contributed by atoms with Crippen molar-refractivity contribution in [3.05, 3.63) is 93.2 Å². The van der Waals surface area contributed by atoms with Crippen LogP contribution >= 0.6 is 11.8 Å². The van der Waals surface area contributed by atoms with E-state index in [1.165, 1.54) is 20.0 Å². The Bertz CT molecular complexity index is 1600. The third-order valence-electron chi connectivity index (χ3n) is 6.81. The molecule has 4 N–H and O–H groups in total. The van der Waals surface area contributed by atoms with Gasteiger partial charge in [0.15, 0.2) is 5.69 Å². The third-order valence-corrected chi connectivity index (χ3v) is 7.77. The van der Waals surface area contributed by atoms with Gasteiger partial charge in [0, 0.05) is 26.1 Å². The average Bonchev–Trinajstić information content (AvgIpc) is 3.53. The molecule has 2 heterocycles. The van der Waals surface area contributed by atoms with Crippen LogP contribution in [0.3, 0.4) is 0 Å². The van der Waals surface area contributed by atoms with Gasteiger partial charge in [-0.2, -0.15) is 0 Å². The molecule has 3 unspecified atom stereocenters. The van der Waals surface area contributed by atoms with Crippen molar-refractivity contribution in [2.24, 2.45) is 0 Å². The molecule has 4 rings (SSSR count). The first kappa shape index (κ1) is 32.2. The molecule has 1 aromatic heterocycles. The zero-order chi connectivity index (χ0) is 32.0. The number of rotatable bonds is 11. The standard InChI is InChI=1S/C31H33N5O7S/c1-17-8-10-20(11-9-17)16-32-27(38)23(33-29(40)26(19(3)37)34-28(39)24-12-18(2)43-35-24)14-21-6-5-7-22(13-21)15-25-30(41)36(4)31(42)44-25/h5-13,15,19,23,26,37H,14,16H2,1-4H3,(H,32,38)(H,33,40)(H,34,39). The van der Waals surface area contributed by atoms with Crippen LogP contribution in [-0.2, 0) is 27.3 Å². The van der Waals surface area contributed by atoms with E-state index in [2.05, 4.69) is 21.1 Å². The van der Waals surface area contributed by atoms with Gasteiger partial charge in [0.2, 0.25) is 11.8 Å². The van der Waals surface area contributed by atoms with Crippen molar-refractivity contribution in [3.8, 4) is 0 Å². The Hall–Kier alpha value is -4.75. The minimum absolute atomic E-state index is 0.0470. The lowest BCUT2D eigenvalue weighted by atomic mass is 10.0. The number of hydrogen-bond acceptors (Lipinski definition) is 9.